The van der Waals surface area contributed by atoms with Crippen molar-refractivity contribution in [1.29, 1.82) is 0 Å². The molecule has 1 unspecified atom stereocenters. The van der Waals surface area contributed by atoms with E-state index in [1.165, 1.54) is 5.69 Å². The lowest BCUT2D eigenvalue weighted by molar-refractivity contribution is -0.0530. The first kappa shape index (κ1) is 13.5. The summed E-state index contributed by atoms with van der Waals surface area (Å²) in [6.07, 6.45) is 4.85. The molecule has 102 valence electrons. The van der Waals surface area contributed by atoms with Gasteiger partial charge in [0.25, 0.3) is 0 Å². The Kier molecular flexibility index (Phi) is 5.16. The Balaban J connectivity index is 1.79. The first-order chi connectivity index (χ1) is 8.79. The Morgan fingerprint density at radius 1 is 1.50 bits per heavy atom. The number of aryl methyl sites for hydroxylation is 2. The van der Waals surface area contributed by atoms with Gasteiger partial charge in [-0.2, -0.15) is 5.10 Å². The van der Waals surface area contributed by atoms with Gasteiger partial charge in [0.2, 0.25) is 0 Å². The van der Waals surface area contributed by atoms with E-state index in [2.05, 4.69) is 23.4 Å². The Hall–Kier alpha value is -0.910. The number of ether oxygens (including phenoxy) is 2. The molecule has 1 saturated heterocycles. The minimum absolute atomic E-state index is 0.0272. The van der Waals surface area contributed by atoms with Crippen LogP contribution in [-0.2, 0) is 22.9 Å². The second-order valence-electron chi connectivity index (χ2n) is 4.65. The normalized spacial score (nSPS) is 18.3. The summed E-state index contributed by atoms with van der Waals surface area (Å²) in [6.45, 7) is 4.56. The monoisotopic (exact) mass is 253 g/mol. The van der Waals surface area contributed by atoms with Crippen LogP contribution in [0.1, 0.15) is 25.5 Å². The maximum atomic E-state index is 5.51. The minimum Gasteiger partial charge on any atom is -0.350 e. The predicted molar refractivity (Wildman–Crippen MR) is 69.3 cm³/mol. The molecule has 18 heavy (non-hydrogen) atoms. The zero-order valence-corrected chi connectivity index (χ0v) is 11.3. The van der Waals surface area contributed by atoms with Crippen molar-refractivity contribution >= 4 is 0 Å². The van der Waals surface area contributed by atoms with Gasteiger partial charge >= 0.3 is 0 Å². The Bertz CT molecular complexity index is 348. The lowest BCUT2D eigenvalue weighted by Gasteiger charge is -2.20. The van der Waals surface area contributed by atoms with Crippen LogP contribution >= 0.6 is 0 Å². The number of nitrogens with zero attached hydrogens (tertiary/aromatic N) is 2. The highest BCUT2D eigenvalue weighted by Crippen LogP contribution is 2.14. The average Bonchev–Trinajstić information content (AvgIpc) is 2.98. The van der Waals surface area contributed by atoms with E-state index in [4.69, 9.17) is 9.47 Å². The molecule has 5 nitrogen and oxygen atoms in total. The molecular formula is C13H23N3O2. The van der Waals surface area contributed by atoms with Gasteiger partial charge < -0.3 is 14.8 Å². The van der Waals surface area contributed by atoms with Gasteiger partial charge in [-0.05, 0) is 25.5 Å². The fourth-order valence-corrected chi connectivity index (χ4v) is 2.34. The molecule has 0 aromatic carbocycles. The molecule has 1 aliphatic rings. The van der Waals surface area contributed by atoms with E-state index in [1.807, 2.05) is 17.9 Å². The summed E-state index contributed by atoms with van der Waals surface area (Å²) in [5, 5.41) is 7.69. The molecule has 0 spiro atoms. The van der Waals surface area contributed by atoms with Gasteiger partial charge in [-0.1, -0.05) is 6.92 Å². The molecule has 0 bridgehead atoms. The number of aromatic nitrogens is 2. The fraction of sp³-hybridized carbons (Fsp3) is 0.769. The topological polar surface area (TPSA) is 48.3 Å². The summed E-state index contributed by atoms with van der Waals surface area (Å²) < 4.78 is 13.0. The lowest BCUT2D eigenvalue weighted by atomic mass is 10.1. The van der Waals surface area contributed by atoms with Crippen molar-refractivity contribution in [2.24, 2.45) is 7.05 Å². The van der Waals surface area contributed by atoms with Crippen LogP contribution in [0.3, 0.4) is 0 Å². The van der Waals surface area contributed by atoms with Gasteiger partial charge in [-0.25, -0.2) is 0 Å². The largest absolute Gasteiger partial charge is 0.350 e. The summed E-state index contributed by atoms with van der Waals surface area (Å²) in [7, 11) is 1.99. The van der Waals surface area contributed by atoms with Crippen molar-refractivity contribution in [3.05, 3.63) is 18.0 Å². The quantitative estimate of drug-likeness (QED) is 0.790. The molecule has 1 aromatic rings. The molecule has 2 rings (SSSR count). The third kappa shape index (κ3) is 3.80. The summed E-state index contributed by atoms with van der Waals surface area (Å²) in [5.74, 6) is 0. The molecule has 2 heterocycles. The zero-order valence-electron chi connectivity index (χ0n) is 11.3. The van der Waals surface area contributed by atoms with Crippen molar-refractivity contribution < 1.29 is 9.47 Å². The molecule has 0 amide bonds. The summed E-state index contributed by atoms with van der Waals surface area (Å²) in [4.78, 5) is 0. The van der Waals surface area contributed by atoms with Gasteiger partial charge in [-0.15, -0.1) is 0 Å². The molecule has 1 atom stereocenters. The lowest BCUT2D eigenvalue weighted by Crippen LogP contribution is -2.33. The first-order valence-electron chi connectivity index (χ1n) is 6.73. The highest BCUT2D eigenvalue weighted by Gasteiger charge is 2.21. The smallest absolute Gasteiger partial charge is 0.159 e. The number of nitrogens with one attached hydrogen (secondary N) is 1. The second kappa shape index (κ2) is 6.87. The molecule has 0 saturated carbocycles. The molecule has 0 radical (unpaired) electrons. The van der Waals surface area contributed by atoms with Crippen LogP contribution in [0.25, 0.3) is 0 Å². The van der Waals surface area contributed by atoms with Crippen molar-refractivity contribution in [1.82, 2.24) is 15.1 Å². The maximum Gasteiger partial charge on any atom is 0.159 e. The zero-order chi connectivity index (χ0) is 12.8. The molecule has 1 aliphatic heterocycles. The van der Waals surface area contributed by atoms with Gasteiger partial charge in [-0.3, -0.25) is 4.68 Å². The van der Waals surface area contributed by atoms with E-state index < -0.39 is 0 Å². The SMILES string of the molecule is CCNC(CCc1ccnn1C)CC1OCCO1. The van der Waals surface area contributed by atoms with Crippen molar-refractivity contribution in [3.8, 4) is 0 Å². The van der Waals surface area contributed by atoms with Crippen LogP contribution < -0.4 is 5.32 Å². The van der Waals surface area contributed by atoms with Crippen LogP contribution in [-0.4, -0.2) is 41.9 Å². The highest BCUT2D eigenvalue weighted by molar-refractivity contribution is 5.00. The van der Waals surface area contributed by atoms with Crippen LogP contribution in [0.5, 0.6) is 0 Å². The van der Waals surface area contributed by atoms with Crippen LogP contribution in [0, 0.1) is 0 Å². The van der Waals surface area contributed by atoms with E-state index >= 15 is 0 Å². The predicted octanol–water partition coefficient (Wildman–Crippen LogP) is 1.09. The standard InChI is InChI=1S/C13H23N3O2/c1-3-14-11(10-13-17-8-9-18-13)4-5-12-6-7-15-16(12)2/h6-7,11,13-14H,3-5,8-10H2,1-2H3. The van der Waals surface area contributed by atoms with Crippen molar-refractivity contribution in [2.75, 3.05) is 19.8 Å². The van der Waals surface area contributed by atoms with E-state index in [1.54, 1.807) is 0 Å². The van der Waals surface area contributed by atoms with Gasteiger partial charge in [0.05, 0.1) is 13.2 Å². The minimum atomic E-state index is -0.0272. The number of hydrogen-bond donors (Lipinski definition) is 1. The first-order valence-corrected chi connectivity index (χ1v) is 6.73. The Morgan fingerprint density at radius 2 is 2.28 bits per heavy atom. The molecule has 1 aromatic heterocycles. The molecular weight excluding hydrogens is 230 g/mol. The number of hydrogen-bond acceptors (Lipinski definition) is 4. The Labute approximate surface area is 108 Å². The van der Waals surface area contributed by atoms with Crippen molar-refractivity contribution in [2.45, 2.75) is 38.5 Å². The average molecular weight is 253 g/mol. The van der Waals surface area contributed by atoms with E-state index in [0.717, 1.165) is 39.0 Å². The fourth-order valence-electron chi connectivity index (χ4n) is 2.34. The Morgan fingerprint density at radius 3 is 2.89 bits per heavy atom. The summed E-state index contributed by atoms with van der Waals surface area (Å²) in [5.41, 5.74) is 1.27. The van der Waals surface area contributed by atoms with Crippen LogP contribution in [0.15, 0.2) is 12.3 Å². The van der Waals surface area contributed by atoms with Gasteiger partial charge in [0, 0.05) is 31.4 Å². The third-order valence-electron chi connectivity index (χ3n) is 3.33. The molecule has 1 N–H and O–H groups in total. The molecule has 1 fully saturated rings. The number of rotatable bonds is 7. The van der Waals surface area contributed by atoms with E-state index in [0.29, 0.717) is 6.04 Å². The summed E-state index contributed by atoms with van der Waals surface area (Å²) >= 11 is 0. The second-order valence-corrected chi connectivity index (χ2v) is 4.65. The maximum absolute atomic E-state index is 5.51. The van der Waals surface area contributed by atoms with Gasteiger partial charge in [0.15, 0.2) is 6.29 Å². The third-order valence-corrected chi connectivity index (χ3v) is 3.33. The summed E-state index contributed by atoms with van der Waals surface area (Å²) in [6, 6.07) is 2.51. The molecule has 5 heteroatoms. The van der Waals surface area contributed by atoms with Crippen LogP contribution in [0.4, 0.5) is 0 Å². The highest BCUT2D eigenvalue weighted by atomic mass is 16.7. The van der Waals surface area contributed by atoms with Crippen molar-refractivity contribution in [3.63, 3.8) is 0 Å². The van der Waals surface area contributed by atoms with Crippen LogP contribution in [0.2, 0.25) is 0 Å². The molecule has 0 aliphatic carbocycles. The van der Waals surface area contributed by atoms with E-state index in [9.17, 15) is 0 Å². The van der Waals surface area contributed by atoms with Gasteiger partial charge in [0.1, 0.15) is 0 Å². The van der Waals surface area contributed by atoms with E-state index in [-0.39, 0.29) is 6.29 Å².